The van der Waals surface area contributed by atoms with E-state index in [9.17, 15) is 0 Å². The number of nitrogens with zero attached hydrogens (tertiary/aromatic N) is 1. The van der Waals surface area contributed by atoms with Crippen LogP contribution in [0.4, 0.5) is 0 Å². The maximum atomic E-state index is 3.46. The minimum Gasteiger partial charge on any atom is -0.313 e. The summed E-state index contributed by atoms with van der Waals surface area (Å²) in [4.78, 5) is 2.65. The molecule has 1 atom stereocenters. The van der Waals surface area contributed by atoms with Crippen molar-refractivity contribution < 1.29 is 0 Å². The summed E-state index contributed by atoms with van der Waals surface area (Å²) in [5.74, 6) is 0. The van der Waals surface area contributed by atoms with Gasteiger partial charge in [0.1, 0.15) is 0 Å². The summed E-state index contributed by atoms with van der Waals surface area (Å²) in [5.41, 5.74) is 2.85. The van der Waals surface area contributed by atoms with Crippen LogP contribution in [0.3, 0.4) is 0 Å². The lowest BCUT2D eigenvalue weighted by Gasteiger charge is -2.27. The second-order valence-electron chi connectivity index (χ2n) is 6.16. The quantitative estimate of drug-likeness (QED) is 0.790. The molecule has 1 aliphatic rings. The van der Waals surface area contributed by atoms with Gasteiger partial charge in [0.05, 0.1) is 0 Å². The number of likely N-dealkylation sites (tertiary alicyclic amines) is 1. The number of hydrogen-bond acceptors (Lipinski definition) is 2. The molecule has 1 aromatic carbocycles. The molecule has 2 nitrogen and oxygen atoms in total. The number of rotatable bonds is 6. The van der Waals surface area contributed by atoms with Crippen LogP contribution in [0.5, 0.6) is 0 Å². The highest BCUT2D eigenvalue weighted by atomic mass is 15.1. The SMILES string of the molecule is CCCNCc1ccc(CN2CCCCCC2C)cc1. The molecule has 1 N–H and O–H groups in total. The van der Waals surface area contributed by atoms with Crippen molar-refractivity contribution in [1.29, 1.82) is 0 Å². The zero-order chi connectivity index (χ0) is 14.2. The molecule has 20 heavy (non-hydrogen) atoms. The van der Waals surface area contributed by atoms with E-state index in [2.05, 4.69) is 48.3 Å². The van der Waals surface area contributed by atoms with Crippen molar-refractivity contribution in [2.24, 2.45) is 0 Å². The molecule has 0 radical (unpaired) electrons. The molecule has 2 rings (SSSR count). The van der Waals surface area contributed by atoms with Gasteiger partial charge in [0.15, 0.2) is 0 Å². The van der Waals surface area contributed by atoms with Gasteiger partial charge in [-0.2, -0.15) is 0 Å². The van der Waals surface area contributed by atoms with Crippen LogP contribution in [0, 0.1) is 0 Å². The Morgan fingerprint density at radius 1 is 1.10 bits per heavy atom. The van der Waals surface area contributed by atoms with E-state index >= 15 is 0 Å². The van der Waals surface area contributed by atoms with Gasteiger partial charge in [0.2, 0.25) is 0 Å². The van der Waals surface area contributed by atoms with Gasteiger partial charge in [-0.3, -0.25) is 4.90 Å². The van der Waals surface area contributed by atoms with E-state index in [1.165, 1.54) is 49.8 Å². The summed E-state index contributed by atoms with van der Waals surface area (Å²) >= 11 is 0. The molecule has 0 aromatic heterocycles. The zero-order valence-electron chi connectivity index (χ0n) is 13.2. The number of hydrogen-bond donors (Lipinski definition) is 1. The lowest BCUT2D eigenvalue weighted by Crippen LogP contribution is -2.31. The first kappa shape index (κ1) is 15.5. The van der Waals surface area contributed by atoms with Gasteiger partial charge >= 0.3 is 0 Å². The predicted octanol–water partition coefficient (Wildman–Crippen LogP) is 3.95. The predicted molar refractivity (Wildman–Crippen MR) is 86.8 cm³/mol. The van der Waals surface area contributed by atoms with Crippen LogP contribution in [0.15, 0.2) is 24.3 Å². The third-order valence-electron chi connectivity index (χ3n) is 4.36. The van der Waals surface area contributed by atoms with Crippen molar-refractivity contribution in [2.75, 3.05) is 13.1 Å². The number of benzene rings is 1. The molecule has 1 aromatic rings. The molecular weight excluding hydrogens is 244 g/mol. The minimum absolute atomic E-state index is 0.739. The fourth-order valence-corrected chi connectivity index (χ4v) is 2.98. The smallest absolute Gasteiger partial charge is 0.0236 e. The van der Waals surface area contributed by atoms with Gasteiger partial charge in [0, 0.05) is 19.1 Å². The first-order valence-corrected chi connectivity index (χ1v) is 8.32. The normalized spacial score (nSPS) is 20.8. The maximum absolute atomic E-state index is 3.46. The first-order chi connectivity index (χ1) is 9.79. The van der Waals surface area contributed by atoms with Crippen molar-refractivity contribution in [2.45, 2.75) is 65.1 Å². The van der Waals surface area contributed by atoms with Crippen molar-refractivity contribution in [1.82, 2.24) is 10.2 Å². The van der Waals surface area contributed by atoms with E-state index in [-0.39, 0.29) is 0 Å². The first-order valence-electron chi connectivity index (χ1n) is 8.32. The Bertz CT molecular complexity index is 372. The fraction of sp³-hybridized carbons (Fsp3) is 0.667. The van der Waals surface area contributed by atoms with E-state index in [1.54, 1.807) is 0 Å². The van der Waals surface area contributed by atoms with E-state index < -0.39 is 0 Å². The van der Waals surface area contributed by atoms with E-state index in [0.717, 1.165) is 25.7 Å². The fourth-order valence-electron chi connectivity index (χ4n) is 2.98. The van der Waals surface area contributed by atoms with Gasteiger partial charge in [-0.25, -0.2) is 0 Å². The Hall–Kier alpha value is -0.860. The Balaban J connectivity index is 1.86. The summed E-state index contributed by atoms with van der Waals surface area (Å²) < 4.78 is 0. The molecule has 1 heterocycles. The van der Waals surface area contributed by atoms with Crippen LogP contribution in [-0.2, 0) is 13.1 Å². The van der Waals surface area contributed by atoms with Gasteiger partial charge < -0.3 is 5.32 Å². The van der Waals surface area contributed by atoms with E-state index in [1.807, 2.05) is 0 Å². The van der Waals surface area contributed by atoms with Gasteiger partial charge in [-0.1, -0.05) is 44.0 Å². The topological polar surface area (TPSA) is 15.3 Å². The highest BCUT2D eigenvalue weighted by molar-refractivity contribution is 5.22. The zero-order valence-corrected chi connectivity index (χ0v) is 13.2. The molecule has 0 aliphatic carbocycles. The van der Waals surface area contributed by atoms with Crippen LogP contribution >= 0.6 is 0 Å². The second kappa shape index (κ2) is 8.43. The highest BCUT2D eigenvalue weighted by Crippen LogP contribution is 2.19. The van der Waals surface area contributed by atoms with E-state index in [4.69, 9.17) is 0 Å². The third kappa shape index (κ3) is 4.92. The summed E-state index contributed by atoms with van der Waals surface area (Å²) in [6.45, 7) is 9.07. The molecule has 1 unspecified atom stereocenters. The van der Waals surface area contributed by atoms with Gasteiger partial charge in [-0.05, 0) is 50.4 Å². The molecule has 0 saturated carbocycles. The van der Waals surface area contributed by atoms with Crippen LogP contribution < -0.4 is 5.32 Å². The highest BCUT2D eigenvalue weighted by Gasteiger charge is 2.16. The van der Waals surface area contributed by atoms with E-state index in [0.29, 0.717) is 0 Å². The molecular formula is C18H30N2. The van der Waals surface area contributed by atoms with Crippen LogP contribution in [0.2, 0.25) is 0 Å². The Morgan fingerprint density at radius 3 is 2.60 bits per heavy atom. The van der Waals surface area contributed by atoms with Crippen molar-refractivity contribution in [3.63, 3.8) is 0 Å². The molecule has 0 bridgehead atoms. The van der Waals surface area contributed by atoms with Crippen molar-refractivity contribution in [3.8, 4) is 0 Å². The van der Waals surface area contributed by atoms with Crippen molar-refractivity contribution >= 4 is 0 Å². The molecule has 1 saturated heterocycles. The lowest BCUT2D eigenvalue weighted by atomic mass is 10.1. The molecule has 1 fully saturated rings. The lowest BCUT2D eigenvalue weighted by molar-refractivity contribution is 0.205. The maximum Gasteiger partial charge on any atom is 0.0236 e. The Labute approximate surface area is 124 Å². The Kier molecular flexibility index (Phi) is 6.55. The van der Waals surface area contributed by atoms with Gasteiger partial charge in [0.25, 0.3) is 0 Å². The molecule has 0 spiro atoms. The van der Waals surface area contributed by atoms with Crippen LogP contribution in [0.25, 0.3) is 0 Å². The molecule has 1 aliphatic heterocycles. The van der Waals surface area contributed by atoms with Crippen molar-refractivity contribution in [3.05, 3.63) is 35.4 Å². The average Bonchev–Trinajstić information content (AvgIpc) is 2.66. The molecule has 112 valence electrons. The minimum atomic E-state index is 0.739. The Morgan fingerprint density at radius 2 is 1.85 bits per heavy atom. The average molecular weight is 274 g/mol. The molecule has 0 amide bonds. The number of nitrogens with one attached hydrogen (secondary N) is 1. The monoisotopic (exact) mass is 274 g/mol. The summed E-state index contributed by atoms with van der Waals surface area (Å²) in [6, 6.07) is 9.91. The second-order valence-corrected chi connectivity index (χ2v) is 6.16. The summed E-state index contributed by atoms with van der Waals surface area (Å²) in [5, 5.41) is 3.46. The van der Waals surface area contributed by atoms with Gasteiger partial charge in [-0.15, -0.1) is 0 Å². The van der Waals surface area contributed by atoms with Crippen LogP contribution in [-0.4, -0.2) is 24.0 Å². The van der Waals surface area contributed by atoms with Crippen LogP contribution in [0.1, 0.15) is 57.1 Å². The molecule has 2 heteroatoms. The third-order valence-corrected chi connectivity index (χ3v) is 4.36. The largest absolute Gasteiger partial charge is 0.313 e. The summed E-state index contributed by atoms with van der Waals surface area (Å²) in [6.07, 6.45) is 6.73. The summed E-state index contributed by atoms with van der Waals surface area (Å²) in [7, 11) is 0. The standard InChI is InChI=1S/C18H30N2/c1-3-12-19-14-17-8-10-18(11-9-17)15-20-13-6-4-5-7-16(20)2/h8-11,16,19H,3-7,12-15H2,1-2H3.